The van der Waals surface area contributed by atoms with Crippen LogP contribution < -0.4 is 21.3 Å². The molecule has 0 saturated heterocycles. The molecule has 0 aromatic carbocycles. The molecule has 2 rings (SSSR count). The minimum atomic E-state index is 0.975. The summed E-state index contributed by atoms with van der Waals surface area (Å²) in [6.45, 7) is 9.91. The lowest BCUT2D eigenvalue weighted by Gasteiger charge is -2.21. The van der Waals surface area contributed by atoms with Crippen LogP contribution in [0.2, 0.25) is 0 Å². The van der Waals surface area contributed by atoms with Crippen molar-refractivity contribution >= 4 is 0 Å². The number of nitrogens with one attached hydrogen (secondary N) is 4. The zero-order valence-electron chi connectivity index (χ0n) is 25.8. The normalized spacial score (nSPS) is 17.4. The Morgan fingerprint density at radius 3 is 0.868 bits per heavy atom. The summed E-state index contributed by atoms with van der Waals surface area (Å²) in [7, 11) is 0. The smallest absolute Gasteiger partial charge is 0.00205 e. The molecule has 0 unspecified atom stereocenters. The van der Waals surface area contributed by atoms with Crippen molar-refractivity contribution in [3.63, 3.8) is 0 Å². The standard InChI is InChI=1S/C34H70N4/c1(3-15-25-35-27-17-5-7-19-29-37-31-33-21-11-9-12-22-33)2-4-16-26-36-28-18-6-8-20-30-38-32-34-23-13-10-14-24-34/h33-38H,1-32H2. The second-order valence-corrected chi connectivity index (χ2v) is 12.9. The fraction of sp³-hybridized carbons (Fsp3) is 1.00. The average Bonchev–Trinajstić information content (AvgIpc) is 2.96. The van der Waals surface area contributed by atoms with E-state index in [9.17, 15) is 0 Å². The second-order valence-electron chi connectivity index (χ2n) is 12.9. The summed E-state index contributed by atoms with van der Waals surface area (Å²) in [5.74, 6) is 1.95. The van der Waals surface area contributed by atoms with E-state index in [4.69, 9.17) is 0 Å². The van der Waals surface area contributed by atoms with Crippen LogP contribution in [-0.4, -0.2) is 52.4 Å². The first-order chi connectivity index (χ1) is 18.9. The molecule has 0 aromatic heterocycles. The molecule has 2 fully saturated rings. The summed E-state index contributed by atoms with van der Waals surface area (Å²) in [5, 5.41) is 14.7. The Morgan fingerprint density at radius 2 is 0.553 bits per heavy atom. The van der Waals surface area contributed by atoms with Gasteiger partial charge in [0.25, 0.3) is 0 Å². The Labute approximate surface area is 239 Å². The fourth-order valence-corrected chi connectivity index (χ4v) is 6.56. The zero-order valence-corrected chi connectivity index (χ0v) is 25.8. The van der Waals surface area contributed by atoms with Crippen molar-refractivity contribution in [2.75, 3.05) is 52.4 Å². The number of unbranched alkanes of at least 4 members (excludes halogenated alkanes) is 11. The molecule has 0 radical (unpaired) electrons. The van der Waals surface area contributed by atoms with Crippen LogP contribution in [0.3, 0.4) is 0 Å². The lowest BCUT2D eigenvalue weighted by molar-refractivity contribution is 0.341. The summed E-state index contributed by atoms with van der Waals surface area (Å²) in [6.07, 6.45) is 34.1. The minimum absolute atomic E-state index is 0.975. The van der Waals surface area contributed by atoms with Gasteiger partial charge in [0.15, 0.2) is 0 Å². The SMILES string of the molecule is C(CCCCNCCCCCCNCC1CCCCC1)CCCNCCCCCCNCC1CCCCC1. The lowest BCUT2D eigenvalue weighted by atomic mass is 9.89. The van der Waals surface area contributed by atoms with Crippen LogP contribution >= 0.6 is 0 Å². The topological polar surface area (TPSA) is 48.1 Å². The van der Waals surface area contributed by atoms with E-state index < -0.39 is 0 Å². The highest BCUT2D eigenvalue weighted by Gasteiger charge is 2.13. The molecule has 4 nitrogen and oxygen atoms in total. The maximum Gasteiger partial charge on any atom is -0.00205 e. The Hall–Kier alpha value is -0.160. The van der Waals surface area contributed by atoms with Crippen molar-refractivity contribution in [2.45, 2.75) is 154 Å². The van der Waals surface area contributed by atoms with Crippen LogP contribution in [0.5, 0.6) is 0 Å². The molecule has 0 heterocycles. The van der Waals surface area contributed by atoms with Gasteiger partial charge in [0, 0.05) is 0 Å². The highest BCUT2D eigenvalue weighted by atomic mass is 14.9. The van der Waals surface area contributed by atoms with Gasteiger partial charge in [-0.05, 0) is 128 Å². The molecule has 4 N–H and O–H groups in total. The van der Waals surface area contributed by atoms with E-state index in [1.54, 1.807) is 0 Å². The predicted octanol–water partition coefficient (Wildman–Crippen LogP) is 7.97. The first kappa shape index (κ1) is 34.0. The molecule has 226 valence electrons. The van der Waals surface area contributed by atoms with E-state index in [0.29, 0.717) is 0 Å². The Morgan fingerprint density at radius 1 is 0.289 bits per heavy atom. The lowest BCUT2D eigenvalue weighted by Crippen LogP contribution is -2.25. The van der Waals surface area contributed by atoms with Crippen molar-refractivity contribution in [1.29, 1.82) is 0 Å². The maximum atomic E-state index is 3.71. The molecule has 0 spiro atoms. The van der Waals surface area contributed by atoms with Gasteiger partial charge in [-0.15, -0.1) is 0 Å². The van der Waals surface area contributed by atoms with Gasteiger partial charge in [-0.25, -0.2) is 0 Å². The van der Waals surface area contributed by atoms with Gasteiger partial charge in [-0.3, -0.25) is 0 Å². The van der Waals surface area contributed by atoms with E-state index >= 15 is 0 Å². The Bertz CT molecular complexity index is 417. The van der Waals surface area contributed by atoms with Gasteiger partial charge in [-0.1, -0.05) is 89.9 Å². The summed E-state index contributed by atoms with van der Waals surface area (Å²) >= 11 is 0. The maximum absolute atomic E-state index is 3.71. The molecule has 2 saturated carbocycles. The third-order valence-corrected chi connectivity index (χ3v) is 9.19. The molecular formula is C34H70N4. The molecule has 2 aliphatic rings. The number of rotatable bonds is 27. The molecule has 0 amide bonds. The van der Waals surface area contributed by atoms with Crippen molar-refractivity contribution < 1.29 is 0 Å². The zero-order chi connectivity index (χ0) is 26.6. The van der Waals surface area contributed by atoms with Crippen molar-refractivity contribution in [3.05, 3.63) is 0 Å². The van der Waals surface area contributed by atoms with Crippen molar-refractivity contribution in [2.24, 2.45) is 11.8 Å². The van der Waals surface area contributed by atoms with Gasteiger partial charge >= 0.3 is 0 Å². The van der Waals surface area contributed by atoms with Gasteiger partial charge in [0.05, 0.1) is 0 Å². The molecule has 0 aliphatic heterocycles. The first-order valence-electron chi connectivity index (χ1n) is 17.8. The molecule has 0 bridgehead atoms. The van der Waals surface area contributed by atoms with Crippen LogP contribution in [-0.2, 0) is 0 Å². The Kier molecular flexibility index (Phi) is 24.2. The summed E-state index contributed by atoms with van der Waals surface area (Å²) in [4.78, 5) is 0. The quantitative estimate of drug-likeness (QED) is 0.0807. The molecule has 38 heavy (non-hydrogen) atoms. The van der Waals surface area contributed by atoms with Crippen LogP contribution in [0.4, 0.5) is 0 Å². The van der Waals surface area contributed by atoms with E-state index in [-0.39, 0.29) is 0 Å². The monoisotopic (exact) mass is 535 g/mol. The highest BCUT2D eigenvalue weighted by Crippen LogP contribution is 2.23. The molecular weight excluding hydrogens is 464 g/mol. The van der Waals surface area contributed by atoms with E-state index in [2.05, 4.69) is 21.3 Å². The fourth-order valence-electron chi connectivity index (χ4n) is 6.56. The number of hydrogen-bond acceptors (Lipinski definition) is 4. The van der Waals surface area contributed by atoms with Gasteiger partial charge < -0.3 is 21.3 Å². The molecule has 0 aromatic rings. The van der Waals surface area contributed by atoms with Crippen molar-refractivity contribution in [1.82, 2.24) is 21.3 Å². The highest BCUT2D eigenvalue weighted by molar-refractivity contribution is 4.69. The third-order valence-electron chi connectivity index (χ3n) is 9.19. The van der Waals surface area contributed by atoms with E-state index in [0.717, 1.165) is 11.8 Å². The van der Waals surface area contributed by atoms with Crippen LogP contribution in [0, 0.1) is 11.8 Å². The predicted molar refractivity (Wildman–Crippen MR) is 169 cm³/mol. The minimum Gasteiger partial charge on any atom is -0.317 e. The van der Waals surface area contributed by atoms with Crippen LogP contribution in [0.15, 0.2) is 0 Å². The number of hydrogen-bond donors (Lipinski definition) is 4. The molecule has 0 atom stereocenters. The van der Waals surface area contributed by atoms with E-state index in [1.807, 2.05) is 0 Å². The van der Waals surface area contributed by atoms with Crippen LogP contribution in [0.1, 0.15) is 154 Å². The first-order valence-corrected chi connectivity index (χ1v) is 17.8. The van der Waals surface area contributed by atoms with Crippen LogP contribution in [0.25, 0.3) is 0 Å². The molecule has 4 heteroatoms. The molecule has 2 aliphatic carbocycles. The van der Waals surface area contributed by atoms with Gasteiger partial charge in [0.2, 0.25) is 0 Å². The summed E-state index contributed by atoms with van der Waals surface area (Å²) in [5.41, 5.74) is 0. The van der Waals surface area contributed by atoms with Crippen molar-refractivity contribution in [3.8, 4) is 0 Å². The average molecular weight is 535 g/mol. The van der Waals surface area contributed by atoms with E-state index in [1.165, 1.54) is 206 Å². The van der Waals surface area contributed by atoms with Gasteiger partial charge in [0.1, 0.15) is 0 Å². The second kappa shape index (κ2) is 27.0. The third kappa shape index (κ3) is 21.6. The summed E-state index contributed by atoms with van der Waals surface area (Å²) in [6, 6.07) is 0. The largest absolute Gasteiger partial charge is 0.317 e. The van der Waals surface area contributed by atoms with Gasteiger partial charge in [-0.2, -0.15) is 0 Å². The Balaban J connectivity index is 1.14. The summed E-state index contributed by atoms with van der Waals surface area (Å²) < 4.78 is 0.